The van der Waals surface area contributed by atoms with Crippen molar-refractivity contribution < 1.29 is 9.53 Å². The normalized spacial score (nSPS) is 20.3. The van der Waals surface area contributed by atoms with Crippen LogP contribution in [0.25, 0.3) is 6.08 Å². The van der Waals surface area contributed by atoms with Gasteiger partial charge in [-0.1, -0.05) is 56.5 Å². The number of nitrogens with zero attached hydrogens (tertiary/aromatic N) is 2. The van der Waals surface area contributed by atoms with E-state index >= 15 is 0 Å². The number of rotatable bonds is 5. The van der Waals surface area contributed by atoms with Gasteiger partial charge in [0.25, 0.3) is 5.91 Å². The molecule has 4 nitrogen and oxygen atoms in total. The molecule has 4 rings (SSSR count). The molecule has 0 aromatic heterocycles. The van der Waals surface area contributed by atoms with Crippen molar-refractivity contribution >= 4 is 34.6 Å². The second-order valence-corrected chi connectivity index (χ2v) is 8.74. The number of hydrogen-bond acceptors (Lipinski definition) is 4. The highest BCUT2D eigenvalue weighted by Crippen LogP contribution is 2.39. The highest BCUT2D eigenvalue weighted by molar-refractivity contribution is 8.18. The molecule has 1 heterocycles. The summed E-state index contributed by atoms with van der Waals surface area (Å²) in [7, 11) is 1.66. The zero-order valence-corrected chi connectivity index (χ0v) is 18.5. The molecule has 30 heavy (non-hydrogen) atoms. The van der Waals surface area contributed by atoms with Gasteiger partial charge in [-0.2, -0.15) is 0 Å². The number of amides is 1. The summed E-state index contributed by atoms with van der Waals surface area (Å²) in [4.78, 5) is 21.1. The minimum Gasteiger partial charge on any atom is -0.497 e. The Balaban J connectivity index is 1.70. The number of aryl methyl sites for hydroxylation is 1. The van der Waals surface area contributed by atoms with E-state index < -0.39 is 0 Å². The van der Waals surface area contributed by atoms with Gasteiger partial charge in [0.15, 0.2) is 5.17 Å². The third-order valence-electron chi connectivity index (χ3n) is 5.78. The Bertz CT molecular complexity index is 959. The molecule has 1 saturated heterocycles. The van der Waals surface area contributed by atoms with Gasteiger partial charge in [-0.15, -0.1) is 0 Å². The largest absolute Gasteiger partial charge is 0.497 e. The highest BCUT2D eigenvalue weighted by Gasteiger charge is 2.38. The van der Waals surface area contributed by atoms with E-state index in [2.05, 4.69) is 13.0 Å². The van der Waals surface area contributed by atoms with Crippen molar-refractivity contribution in [3.8, 4) is 5.75 Å². The van der Waals surface area contributed by atoms with Crippen molar-refractivity contribution in [3.05, 3.63) is 64.6 Å². The number of para-hydroxylation sites is 1. The maximum absolute atomic E-state index is 13.4. The van der Waals surface area contributed by atoms with Crippen LogP contribution in [0.4, 0.5) is 5.69 Å². The van der Waals surface area contributed by atoms with E-state index in [9.17, 15) is 4.79 Å². The molecule has 1 aliphatic heterocycles. The standard InChI is InChI=1S/C25H28N2O2S/c1-3-19-9-7-8-12-22(19)26-25-27(20-10-5-4-6-11-20)24(28)23(30-25)17-18-13-15-21(29-2)16-14-18/h7-9,12-17,20H,3-6,10-11H2,1-2H3/b23-17+,26-25?. The van der Waals surface area contributed by atoms with E-state index in [4.69, 9.17) is 9.73 Å². The lowest BCUT2D eigenvalue weighted by atomic mass is 9.94. The van der Waals surface area contributed by atoms with Crippen LogP contribution in [-0.4, -0.2) is 29.1 Å². The number of carbonyl (C=O) groups excluding carboxylic acids is 1. The number of hydrogen-bond donors (Lipinski definition) is 0. The average Bonchev–Trinajstić information content (AvgIpc) is 3.09. The smallest absolute Gasteiger partial charge is 0.267 e. The van der Waals surface area contributed by atoms with Crippen LogP contribution in [0.15, 0.2) is 58.4 Å². The summed E-state index contributed by atoms with van der Waals surface area (Å²) in [5, 5.41) is 0.813. The number of thioether (sulfide) groups is 1. The van der Waals surface area contributed by atoms with Crippen molar-refractivity contribution in [2.45, 2.75) is 51.5 Å². The van der Waals surface area contributed by atoms with Gasteiger partial charge in [0, 0.05) is 6.04 Å². The van der Waals surface area contributed by atoms with Crippen LogP contribution in [0, 0.1) is 0 Å². The molecule has 0 atom stereocenters. The first kappa shape index (κ1) is 20.7. The molecule has 5 heteroatoms. The quantitative estimate of drug-likeness (QED) is 0.541. The third kappa shape index (κ3) is 4.46. The van der Waals surface area contributed by atoms with Crippen LogP contribution in [0.5, 0.6) is 5.75 Å². The van der Waals surface area contributed by atoms with Crippen LogP contribution >= 0.6 is 11.8 Å². The zero-order valence-electron chi connectivity index (χ0n) is 17.6. The molecular weight excluding hydrogens is 392 g/mol. The summed E-state index contributed by atoms with van der Waals surface area (Å²) >= 11 is 1.50. The fraction of sp³-hybridized carbons (Fsp3) is 0.360. The minimum absolute atomic E-state index is 0.0791. The second-order valence-electron chi connectivity index (χ2n) is 7.73. The number of aliphatic imine (C=N–C) groups is 1. The van der Waals surface area contributed by atoms with Crippen LogP contribution in [0.2, 0.25) is 0 Å². The van der Waals surface area contributed by atoms with Gasteiger partial charge in [0.2, 0.25) is 0 Å². The van der Waals surface area contributed by atoms with Gasteiger partial charge in [-0.3, -0.25) is 9.69 Å². The van der Waals surface area contributed by atoms with E-state index in [0.29, 0.717) is 0 Å². The first-order valence-electron chi connectivity index (χ1n) is 10.7. The topological polar surface area (TPSA) is 41.9 Å². The first-order chi connectivity index (χ1) is 14.7. The van der Waals surface area contributed by atoms with Crippen molar-refractivity contribution in [2.24, 2.45) is 4.99 Å². The monoisotopic (exact) mass is 420 g/mol. The predicted octanol–water partition coefficient (Wildman–Crippen LogP) is 6.19. The van der Waals surface area contributed by atoms with Gasteiger partial charge in [0.1, 0.15) is 5.75 Å². The third-order valence-corrected chi connectivity index (χ3v) is 6.76. The maximum atomic E-state index is 13.4. The van der Waals surface area contributed by atoms with Crippen molar-refractivity contribution in [3.63, 3.8) is 0 Å². The molecule has 156 valence electrons. The number of methoxy groups -OCH3 is 1. The predicted molar refractivity (Wildman–Crippen MR) is 125 cm³/mol. The molecule has 0 N–H and O–H groups in total. The van der Waals surface area contributed by atoms with E-state index in [1.165, 1.54) is 36.6 Å². The maximum Gasteiger partial charge on any atom is 0.267 e. The van der Waals surface area contributed by atoms with Crippen molar-refractivity contribution in [2.75, 3.05) is 7.11 Å². The second kappa shape index (κ2) is 9.52. The van der Waals surface area contributed by atoms with E-state index in [1.54, 1.807) is 7.11 Å². The summed E-state index contributed by atoms with van der Waals surface area (Å²) in [5.41, 5.74) is 3.15. The van der Waals surface area contributed by atoms with Crippen LogP contribution in [0.1, 0.15) is 50.2 Å². The molecule has 2 aliphatic rings. The molecule has 1 amide bonds. The molecule has 0 bridgehead atoms. The lowest BCUT2D eigenvalue weighted by Crippen LogP contribution is -2.40. The number of benzene rings is 2. The van der Waals surface area contributed by atoms with E-state index in [-0.39, 0.29) is 11.9 Å². The Morgan fingerprint density at radius 3 is 2.53 bits per heavy atom. The molecule has 0 spiro atoms. The van der Waals surface area contributed by atoms with Crippen LogP contribution in [0.3, 0.4) is 0 Å². The molecule has 2 aromatic rings. The first-order valence-corrected chi connectivity index (χ1v) is 11.5. The van der Waals surface area contributed by atoms with Gasteiger partial charge in [0.05, 0.1) is 17.7 Å². The Morgan fingerprint density at radius 2 is 1.83 bits per heavy atom. The summed E-state index contributed by atoms with van der Waals surface area (Å²) in [6.07, 6.45) is 8.60. The average molecular weight is 421 g/mol. The lowest BCUT2D eigenvalue weighted by molar-refractivity contribution is -0.124. The van der Waals surface area contributed by atoms with Crippen LogP contribution in [-0.2, 0) is 11.2 Å². The summed E-state index contributed by atoms with van der Waals surface area (Å²) in [5.74, 6) is 0.889. The lowest BCUT2D eigenvalue weighted by Gasteiger charge is -2.30. The summed E-state index contributed by atoms with van der Waals surface area (Å²) < 4.78 is 5.24. The van der Waals surface area contributed by atoms with E-state index in [1.807, 2.05) is 53.4 Å². The Morgan fingerprint density at radius 1 is 1.10 bits per heavy atom. The SMILES string of the molecule is CCc1ccccc1N=C1S/C(=C/c2ccc(OC)cc2)C(=O)N1C1CCCCC1. The van der Waals surface area contributed by atoms with Gasteiger partial charge < -0.3 is 4.74 Å². The Kier molecular flexibility index (Phi) is 6.58. The summed E-state index contributed by atoms with van der Waals surface area (Å²) in [6, 6.07) is 16.2. The molecule has 2 aromatic carbocycles. The number of amidine groups is 1. The molecule has 0 radical (unpaired) electrons. The molecule has 1 saturated carbocycles. The highest BCUT2D eigenvalue weighted by atomic mass is 32.2. The molecular formula is C25H28N2O2S. The van der Waals surface area contributed by atoms with Gasteiger partial charge in [-0.05, 0) is 66.4 Å². The molecule has 2 fully saturated rings. The fourth-order valence-corrected chi connectivity index (χ4v) is 5.15. The van der Waals surface area contributed by atoms with Crippen molar-refractivity contribution in [1.82, 2.24) is 4.90 Å². The van der Waals surface area contributed by atoms with Crippen molar-refractivity contribution in [1.29, 1.82) is 0 Å². The number of ether oxygens (including phenoxy) is 1. The minimum atomic E-state index is 0.0791. The number of carbonyl (C=O) groups is 1. The molecule has 0 unspecified atom stereocenters. The fourth-order valence-electron chi connectivity index (χ4n) is 4.10. The summed E-state index contributed by atoms with van der Waals surface area (Å²) in [6.45, 7) is 2.14. The zero-order chi connectivity index (χ0) is 20.9. The van der Waals surface area contributed by atoms with Crippen LogP contribution < -0.4 is 4.74 Å². The molecule has 1 aliphatic carbocycles. The Labute approximate surface area is 183 Å². The van der Waals surface area contributed by atoms with E-state index in [0.717, 1.165) is 46.3 Å². The Hall–Kier alpha value is -2.53. The van der Waals surface area contributed by atoms with Gasteiger partial charge in [-0.25, -0.2) is 4.99 Å². The van der Waals surface area contributed by atoms with Gasteiger partial charge >= 0.3 is 0 Å².